The standard InChI is InChI=1S/C15H33N/c1-8-9-13(4)14(15(5,6)7)11-16-10-12(2)3/h12-14,16H,8-11H2,1-7H3. The van der Waals surface area contributed by atoms with Gasteiger partial charge in [-0.15, -0.1) is 0 Å². The summed E-state index contributed by atoms with van der Waals surface area (Å²) >= 11 is 0. The second-order valence-electron chi connectivity index (χ2n) is 6.79. The van der Waals surface area contributed by atoms with E-state index in [1.807, 2.05) is 0 Å². The normalized spacial score (nSPS) is 16.5. The molecular weight excluding hydrogens is 194 g/mol. The highest BCUT2D eigenvalue weighted by molar-refractivity contribution is 4.80. The minimum absolute atomic E-state index is 0.415. The molecule has 0 radical (unpaired) electrons. The Bertz CT molecular complexity index is 167. The van der Waals surface area contributed by atoms with Gasteiger partial charge in [-0.3, -0.25) is 0 Å². The van der Waals surface area contributed by atoms with Crippen molar-refractivity contribution in [2.45, 2.75) is 61.3 Å². The van der Waals surface area contributed by atoms with Gasteiger partial charge in [-0.2, -0.15) is 0 Å². The van der Waals surface area contributed by atoms with Crippen LogP contribution < -0.4 is 5.32 Å². The average molecular weight is 227 g/mol. The zero-order chi connectivity index (χ0) is 12.8. The van der Waals surface area contributed by atoms with Crippen LogP contribution in [0.3, 0.4) is 0 Å². The summed E-state index contributed by atoms with van der Waals surface area (Å²) in [4.78, 5) is 0. The first-order valence-electron chi connectivity index (χ1n) is 6.99. The number of rotatable bonds is 7. The zero-order valence-electron chi connectivity index (χ0n) is 12.6. The Morgan fingerprint density at radius 3 is 1.94 bits per heavy atom. The predicted octanol–water partition coefficient (Wildman–Crippen LogP) is 4.33. The van der Waals surface area contributed by atoms with Gasteiger partial charge in [0.15, 0.2) is 0 Å². The molecule has 0 bridgehead atoms. The monoisotopic (exact) mass is 227 g/mol. The van der Waals surface area contributed by atoms with Crippen molar-refractivity contribution in [3.05, 3.63) is 0 Å². The first-order valence-corrected chi connectivity index (χ1v) is 6.99. The Hall–Kier alpha value is -0.0400. The van der Waals surface area contributed by atoms with Crippen molar-refractivity contribution in [2.75, 3.05) is 13.1 Å². The van der Waals surface area contributed by atoms with Crippen LogP contribution in [0.15, 0.2) is 0 Å². The highest BCUT2D eigenvalue weighted by atomic mass is 14.9. The molecule has 1 heteroatoms. The van der Waals surface area contributed by atoms with Crippen LogP contribution in [0.1, 0.15) is 61.3 Å². The summed E-state index contributed by atoms with van der Waals surface area (Å²) in [6.07, 6.45) is 2.66. The molecule has 2 atom stereocenters. The molecule has 0 aromatic heterocycles. The van der Waals surface area contributed by atoms with E-state index in [9.17, 15) is 0 Å². The lowest BCUT2D eigenvalue weighted by Gasteiger charge is -2.36. The lowest BCUT2D eigenvalue weighted by atomic mass is 9.72. The Morgan fingerprint density at radius 1 is 1.00 bits per heavy atom. The van der Waals surface area contributed by atoms with E-state index in [2.05, 4.69) is 53.8 Å². The number of hydrogen-bond donors (Lipinski definition) is 1. The lowest BCUT2D eigenvalue weighted by Crippen LogP contribution is -2.37. The minimum Gasteiger partial charge on any atom is -0.316 e. The maximum absolute atomic E-state index is 3.63. The van der Waals surface area contributed by atoms with Gasteiger partial charge < -0.3 is 5.32 Å². The maximum atomic E-state index is 3.63. The molecule has 0 spiro atoms. The molecule has 0 aromatic rings. The third-order valence-corrected chi connectivity index (χ3v) is 3.46. The summed E-state index contributed by atoms with van der Waals surface area (Å²) in [6.45, 7) is 18.7. The van der Waals surface area contributed by atoms with Crippen molar-refractivity contribution in [1.29, 1.82) is 0 Å². The van der Waals surface area contributed by atoms with Gasteiger partial charge in [0, 0.05) is 0 Å². The topological polar surface area (TPSA) is 12.0 Å². The molecule has 0 fully saturated rings. The lowest BCUT2D eigenvalue weighted by molar-refractivity contribution is 0.155. The molecule has 0 heterocycles. The van der Waals surface area contributed by atoms with Crippen LogP contribution in [0.5, 0.6) is 0 Å². The molecule has 1 nitrogen and oxygen atoms in total. The molecule has 2 unspecified atom stereocenters. The van der Waals surface area contributed by atoms with Gasteiger partial charge in [-0.25, -0.2) is 0 Å². The third kappa shape index (κ3) is 6.52. The SMILES string of the molecule is CCCC(C)C(CNCC(C)C)C(C)(C)C. The fourth-order valence-corrected chi connectivity index (χ4v) is 2.54. The largest absolute Gasteiger partial charge is 0.316 e. The van der Waals surface area contributed by atoms with Gasteiger partial charge in [-0.1, -0.05) is 61.3 Å². The Balaban J connectivity index is 4.22. The Kier molecular flexibility index (Phi) is 7.30. The Morgan fingerprint density at radius 2 is 1.56 bits per heavy atom. The highest BCUT2D eigenvalue weighted by Crippen LogP contribution is 2.33. The fourth-order valence-electron chi connectivity index (χ4n) is 2.54. The van der Waals surface area contributed by atoms with Crippen LogP contribution in [0.2, 0.25) is 0 Å². The van der Waals surface area contributed by atoms with Crippen molar-refractivity contribution >= 4 is 0 Å². The van der Waals surface area contributed by atoms with Crippen molar-refractivity contribution in [3.63, 3.8) is 0 Å². The van der Waals surface area contributed by atoms with E-state index >= 15 is 0 Å². The number of hydrogen-bond acceptors (Lipinski definition) is 1. The van der Waals surface area contributed by atoms with Gasteiger partial charge in [0.2, 0.25) is 0 Å². The van der Waals surface area contributed by atoms with Gasteiger partial charge in [-0.05, 0) is 36.3 Å². The molecule has 0 rings (SSSR count). The van der Waals surface area contributed by atoms with Crippen LogP contribution in [-0.4, -0.2) is 13.1 Å². The Labute approximate surface area is 103 Å². The smallest absolute Gasteiger partial charge is 0.00129 e. The molecular formula is C15H33N. The fraction of sp³-hybridized carbons (Fsp3) is 1.00. The van der Waals surface area contributed by atoms with E-state index in [4.69, 9.17) is 0 Å². The van der Waals surface area contributed by atoms with Gasteiger partial charge >= 0.3 is 0 Å². The second-order valence-corrected chi connectivity index (χ2v) is 6.79. The van der Waals surface area contributed by atoms with Crippen molar-refractivity contribution in [2.24, 2.45) is 23.2 Å². The molecule has 0 saturated carbocycles. The van der Waals surface area contributed by atoms with Crippen LogP contribution >= 0.6 is 0 Å². The number of nitrogens with one attached hydrogen (secondary N) is 1. The summed E-state index contributed by atoms with van der Waals surface area (Å²) < 4.78 is 0. The third-order valence-electron chi connectivity index (χ3n) is 3.46. The second kappa shape index (κ2) is 7.32. The highest BCUT2D eigenvalue weighted by Gasteiger charge is 2.28. The van der Waals surface area contributed by atoms with Gasteiger partial charge in [0.25, 0.3) is 0 Å². The van der Waals surface area contributed by atoms with E-state index in [0.29, 0.717) is 5.41 Å². The molecule has 0 aliphatic heterocycles. The van der Waals surface area contributed by atoms with Crippen LogP contribution in [0, 0.1) is 23.2 Å². The van der Waals surface area contributed by atoms with Crippen molar-refractivity contribution in [1.82, 2.24) is 5.32 Å². The molecule has 1 N–H and O–H groups in total. The molecule has 0 aliphatic carbocycles. The summed E-state index contributed by atoms with van der Waals surface area (Å²) in [6, 6.07) is 0. The van der Waals surface area contributed by atoms with E-state index in [1.54, 1.807) is 0 Å². The predicted molar refractivity (Wildman–Crippen MR) is 74.7 cm³/mol. The molecule has 98 valence electrons. The quantitative estimate of drug-likeness (QED) is 0.682. The molecule has 0 saturated heterocycles. The van der Waals surface area contributed by atoms with E-state index in [1.165, 1.54) is 19.4 Å². The van der Waals surface area contributed by atoms with Gasteiger partial charge in [0.1, 0.15) is 0 Å². The molecule has 16 heavy (non-hydrogen) atoms. The van der Waals surface area contributed by atoms with Crippen molar-refractivity contribution < 1.29 is 0 Å². The summed E-state index contributed by atoms with van der Waals surface area (Å²) in [5.41, 5.74) is 0.415. The van der Waals surface area contributed by atoms with Crippen LogP contribution in [0.4, 0.5) is 0 Å². The maximum Gasteiger partial charge on any atom is -0.00129 e. The zero-order valence-corrected chi connectivity index (χ0v) is 12.6. The van der Waals surface area contributed by atoms with Crippen LogP contribution in [-0.2, 0) is 0 Å². The van der Waals surface area contributed by atoms with Crippen LogP contribution in [0.25, 0.3) is 0 Å². The molecule has 0 aromatic carbocycles. The van der Waals surface area contributed by atoms with E-state index in [0.717, 1.165) is 24.3 Å². The summed E-state index contributed by atoms with van der Waals surface area (Å²) in [5.74, 6) is 2.36. The van der Waals surface area contributed by atoms with E-state index in [-0.39, 0.29) is 0 Å². The first kappa shape index (κ1) is 16.0. The molecule has 0 aliphatic rings. The average Bonchev–Trinajstić information content (AvgIpc) is 2.10. The minimum atomic E-state index is 0.415. The summed E-state index contributed by atoms with van der Waals surface area (Å²) in [5, 5.41) is 3.63. The summed E-state index contributed by atoms with van der Waals surface area (Å²) in [7, 11) is 0. The molecule has 0 amide bonds. The van der Waals surface area contributed by atoms with Gasteiger partial charge in [0.05, 0.1) is 0 Å². The van der Waals surface area contributed by atoms with Crippen molar-refractivity contribution in [3.8, 4) is 0 Å². The first-order chi connectivity index (χ1) is 7.29. The van der Waals surface area contributed by atoms with E-state index < -0.39 is 0 Å².